The minimum absolute atomic E-state index is 0.323. The van der Waals surface area contributed by atoms with Gasteiger partial charge in [-0.15, -0.1) is 0 Å². The number of fused-ring (bicyclic) bond motifs is 2. The second-order valence-electron chi connectivity index (χ2n) is 7.86. The SMILES string of the molecule is Cc1ccn2cc(-c3ccc(NC(=O)C(C)N4C(=O)c5ccccc5C4=O)cc3)nc2c1. The lowest BCUT2D eigenvalue weighted by Gasteiger charge is -2.21. The van der Waals surface area contributed by atoms with Crippen molar-refractivity contribution in [2.75, 3.05) is 5.32 Å². The van der Waals surface area contributed by atoms with E-state index in [0.29, 0.717) is 16.8 Å². The fourth-order valence-corrected chi connectivity index (χ4v) is 3.87. The third kappa shape index (κ3) is 3.24. The Labute approximate surface area is 184 Å². The third-order valence-corrected chi connectivity index (χ3v) is 5.66. The van der Waals surface area contributed by atoms with E-state index in [-0.39, 0.29) is 0 Å². The van der Waals surface area contributed by atoms with Crippen molar-refractivity contribution in [2.24, 2.45) is 0 Å². The van der Waals surface area contributed by atoms with Crippen molar-refractivity contribution in [3.8, 4) is 11.3 Å². The van der Waals surface area contributed by atoms with Gasteiger partial charge in [-0.2, -0.15) is 0 Å². The number of hydrogen-bond acceptors (Lipinski definition) is 4. The Kier molecular flexibility index (Phi) is 4.59. The van der Waals surface area contributed by atoms with E-state index in [1.165, 1.54) is 0 Å². The number of nitrogens with one attached hydrogen (secondary N) is 1. The van der Waals surface area contributed by atoms with E-state index in [4.69, 9.17) is 0 Å². The van der Waals surface area contributed by atoms with Gasteiger partial charge in [0.25, 0.3) is 11.8 Å². The molecule has 0 fully saturated rings. The van der Waals surface area contributed by atoms with Gasteiger partial charge in [-0.3, -0.25) is 19.3 Å². The van der Waals surface area contributed by atoms with E-state index in [2.05, 4.69) is 10.3 Å². The Morgan fingerprint density at radius 2 is 1.62 bits per heavy atom. The molecular weight excluding hydrogens is 404 g/mol. The molecule has 1 N–H and O–H groups in total. The molecule has 4 aromatic rings. The summed E-state index contributed by atoms with van der Waals surface area (Å²) in [6.07, 6.45) is 3.92. The van der Waals surface area contributed by atoms with Gasteiger partial charge in [0.15, 0.2) is 0 Å². The largest absolute Gasteiger partial charge is 0.324 e. The second kappa shape index (κ2) is 7.46. The maximum atomic E-state index is 12.8. The number of rotatable bonds is 4. The van der Waals surface area contributed by atoms with Crippen LogP contribution in [-0.4, -0.2) is 38.0 Å². The molecule has 0 radical (unpaired) electrons. The molecule has 0 bridgehead atoms. The van der Waals surface area contributed by atoms with Crippen molar-refractivity contribution < 1.29 is 14.4 Å². The molecule has 158 valence electrons. The maximum Gasteiger partial charge on any atom is 0.262 e. The Balaban J connectivity index is 1.31. The molecule has 5 rings (SSSR count). The number of benzene rings is 2. The summed E-state index contributed by atoms with van der Waals surface area (Å²) in [4.78, 5) is 43.7. The van der Waals surface area contributed by atoms with E-state index in [1.54, 1.807) is 43.3 Å². The average Bonchev–Trinajstić information content (AvgIpc) is 3.32. The Bertz CT molecular complexity index is 1350. The first-order chi connectivity index (χ1) is 15.4. The van der Waals surface area contributed by atoms with Gasteiger partial charge in [-0.25, -0.2) is 4.98 Å². The summed E-state index contributed by atoms with van der Waals surface area (Å²) >= 11 is 0. The molecule has 32 heavy (non-hydrogen) atoms. The zero-order valence-corrected chi connectivity index (χ0v) is 17.6. The summed E-state index contributed by atoms with van der Waals surface area (Å²) in [6, 6.07) is 17.0. The molecule has 0 saturated carbocycles. The van der Waals surface area contributed by atoms with Crippen LogP contribution in [0, 0.1) is 6.92 Å². The molecule has 7 heteroatoms. The minimum atomic E-state index is -0.941. The number of anilines is 1. The smallest absolute Gasteiger partial charge is 0.262 e. The summed E-state index contributed by atoms with van der Waals surface area (Å²) in [5, 5.41) is 2.79. The third-order valence-electron chi connectivity index (χ3n) is 5.66. The number of amides is 3. The lowest BCUT2D eigenvalue weighted by molar-refractivity contribution is -0.119. The first kappa shape index (κ1) is 19.7. The Morgan fingerprint density at radius 1 is 0.969 bits per heavy atom. The molecule has 1 aliphatic heterocycles. The van der Waals surface area contributed by atoms with Crippen LogP contribution in [0.3, 0.4) is 0 Å². The fourth-order valence-electron chi connectivity index (χ4n) is 3.87. The highest BCUT2D eigenvalue weighted by atomic mass is 16.2. The summed E-state index contributed by atoms with van der Waals surface area (Å²) in [6.45, 7) is 3.57. The molecule has 3 heterocycles. The fraction of sp³-hybridized carbons (Fsp3) is 0.120. The van der Waals surface area contributed by atoms with Crippen molar-refractivity contribution in [2.45, 2.75) is 19.9 Å². The molecule has 0 spiro atoms. The number of carbonyl (C=O) groups excluding carboxylic acids is 3. The van der Waals surface area contributed by atoms with Gasteiger partial charge in [0.1, 0.15) is 11.7 Å². The normalized spacial score (nSPS) is 14.0. The van der Waals surface area contributed by atoms with Crippen molar-refractivity contribution in [1.82, 2.24) is 14.3 Å². The molecule has 0 saturated heterocycles. The van der Waals surface area contributed by atoms with Crippen LogP contribution in [0.1, 0.15) is 33.2 Å². The number of hydrogen-bond donors (Lipinski definition) is 1. The number of carbonyl (C=O) groups is 3. The summed E-state index contributed by atoms with van der Waals surface area (Å²) in [5.41, 5.74) is 4.97. The number of imidazole rings is 1. The first-order valence-corrected chi connectivity index (χ1v) is 10.3. The van der Waals surface area contributed by atoms with Crippen LogP contribution in [0.4, 0.5) is 5.69 Å². The standard InChI is InChI=1S/C25H20N4O3/c1-15-11-12-28-14-21(27-22(28)13-15)17-7-9-18(10-8-17)26-23(30)16(2)29-24(31)19-5-3-4-6-20(19)25(29)32/h3-14,16H,1-2H3,(H,26,30). The van der Waals surface area contributed by atoms with Crippen LogP contribution in [-0.2, 0) is 4.79 Å². The van der Waals surface area contributed by atoms with Crippen molar-refractivity contribution in [3.05, 3.63) is 89.7 Å². The highest BCUT2D eigenvalue weighted by Crippen LogP contribution is 2.26. The zero-order chi connectivity index (χ0) is 22.4. The first-order valence-electron chi connectivity index (χ1n) is 10.3. The van der Waals surface area contributed by atoms with E-state index in [0.717, 1.165) is 27.4 Å². The quantitative estimate of drug-likeness (QED) is 0.503. The summed E-state index contributed by atoms with van der Waals surface area (Å²) < 4.78 is 1.96. The Hall–Kier alpha value is -4.26. The minimum Gasteiger partial charge on any atom is -0.324 e. The van der Waals surface area contributed by atoms with Gasteiger partial charge >= 0.3 is 0 Å². The highest BCUT2D eigenvalue weighted by molar-refractivity contribution is 6.23. The maximum absolute atomic E-state index is 12.8. The van der Waals surface area contributed by atoms with Crippen LogP contribution in [0.25, 0.3) is 16.9 Å². The molecule has 1 aliphatic rings. The van der Waals surface area contributed by atoms with E-state index in [1.807, 2.05) is 48.0 Å². The van der Waals surface area contributed by atoms with Crippen molar-refractivity contribution >= 4 is 29.1 Å². The predicted molar refractivity (Wildman–Crippen MR) is 120 cm³/mol. The number of nitrogens with zero attached hydrogens (tertiary/aromatic N) is 3. The molecule has 1 unspecified atom stereocenters. The molecular formula is C25H20N4O3. The molecule has 0 aliphatic carbocycles. The number of aryl methyl sites for hydroxylation is 1. The van der Waals surface area contributed by atoms with Crippen LogP contribution in [0.5, 0.6) is 0 Å². The lowest BCUT2D eigenvalue weighted by Crippen LogP contribution is -2.45. The summed E-state index contributed by atoms with van der Waals surface area (Å²) in [7, 11) is 0. The van der Waals surface area contributed by atoms with E-state index >= 15 is 0 Å². The monoisotopic (exact) mass is 424 g/mol. The second-order valence-corrected chi connectivity index (χ2v) is 7.86. The molecule has 2 aromatic carbocycles. The zero-order valence-electron chi connectivity index (χ0n) is 17.6. The Morgan fingerprint density at radius 3 is 2.28 bits per heavy atom. The van der Waals surface area contributed by atoms with Crippen LogP contribution in [0.15, 0.2) is 73.1 Å². The van der Waals surface area contributed by atoms with Gasteiger partial charge in [0.05, 0.1) is 16.8 Å². The summed E-state index contributed by atoms with van der Waals surface area (Å²) in [5.74, 6) is -1.34. The number of aromatic nitrogens is 2. The molecule has 1 atom stereocenters. The van der Waals surface area contributed by atoms with Gasteiger partial charge in [-0.05, 0) is 55.8 Å². The van der Waals surface area contributed by atoms with E-state index in [9.17, 15) is 14.4 Å². The highest BCUT2D eigenvalue weighted by Gasteiger charge is 2.40. The van der Waals surface area contributed by atoms with Crippen LogP contribution >= 0.6 is 0 Å². The van der Waals surface area contributed by atoms with Gasteiger partial charge in [-0.1, -0.05) is 24.3 Å². The lowest BCUT2D eigenvalue weighted by atomic mass is 10.1. The van der Waals surface area contributed by atoms with Gasteiger partial charge in [0.2, 0.25) is 5.91 Å². The van der Waals surface area contributed by atoms with Gasteiger partial charge in [0, 0.05) is 23.6 Å². The predicted octanol–water partition coefficient (Wildman–Crippen LogP) is 3.93. The molecule has 7 nitrogen and oxygen atoms in total. The molecule has 3 amide bonds. The number of pyridine rings is 1. The van der Waals surface area contributed by atoms with E-state index < -0.39 is 23.8 Å². The number of imide groups is 1. The topological polar surface area (TPSA) is 83.8 Å². The van der Waals surface area contributed by atoms with Crippen LogP contribution < -0.4 is 5.32 Å². The average molecular weight is 424 g/mol. The van der Waals surface area contributed by atoms with Gasteiger partial charge < -0.3 is 9.72 Å². The van der Waals surface area contributed by atoms with Crippen molar-refractivity contribution in [3.63, 3.8) is 0 Å². The van der Waals surface area contributed by atoms with Crippen molar-refractivity contribution in [1.29, 1.82) is 0 Å². The van der Waals surface area contributed by atoms with Crippen LogP contribution in [0.2, 0.25) is 0 Å². The molecule has 2 aromatic heterocycles.